The molecule has 1 fully saturated rings. The van der Waals surface area contributed by atoms with Crippen LogP contribution in [-0.4, -0.2) is 36.1 Å². The van der Waals surface area contributed by atoms with E-state index < -0.39 is 18.0 Å². The van der Waals surface area contributed by atoms with Gasteiger partial charge in [-0.3, -0.25) is 0 Å². The SMILES string of the molecule is CCc1ccc(Cc2cc(C3(OC)CC(O)CC(CO)O3)c(C)cc2Br)cc1. The Hall–Kier alpha value is -1.24. The summed E-state index contributed by atoms with van der Waals surface area (Å²) >= 11 is 3.70. The molecule has 5 heteroatoms. The topological polar surface area (TPSA) is 58.9 Å². The van der Waals surface area contributed by atoms with Crippen molar-refractivity contribution in [1.29, 1.82) is 0 Å². The smallest absolute Gasteiger partial charge is 0.197 e. The third-order valence-corrected chi connectivity index (χ3v) is 6.30. The predicted octanol–water partition coefficient (Wildman–Crippen LogP) is 4.24. The molecular weight excluding hydrogens is 420 g/mol. The summed E-state index contributed by atoms with van der Waals surface area (Å²) in [5, 5.41) is 19.9. The van der Waals surface area contributed by atoms with E-state index in [0.29, 0.717) is 12.8 Å². The van der Waals surface area contributed by atoms with Crippen molar-refractivity contribution in [2.45, 2.75) is 57.5 Å². The van der Waals surface area contributed by atoms with Crippen LogP contribution in [0.4, 0.5) is 0 Å². The molecule has 0 bridgehead atoms. The number of hydrogen-bond donors (Lipinski definition) is 2. The van der Waals surface area contributed by atoms with Gasteiger partial charge in [0.1, 0.15) is 0 Å². The maximum atomic E-state index is 10.4. The molecule has 0 radical (unpaired) electrons. The van der Waals surface area contributed by atoms with Crippen LogP contribution in [0.2, 0.25) is 0 Å². The van der Waals surface area contributed by atoms with Crippen molar-refractivity contribution in [2.75, 3.05) is 13.7 Å². The zero-order chi connectivity index (χ0) is 20.3. The lowest BCUT2D eigenvalue weighted by molar-refractivity contribution is -0.299. The van der Waals surface area contributed by atoms with E-state index in [9.17, 15) is 10.2 Å². The van der Waals surface area contributed by atoms with E-state index in [-0.39, 0.29) is 6.61 Å². The van der Waals surface area contributed by atoms with E-state index in [4.69, 9.17) is 9.47 Å². The molecule has 2 aromatic carbocycles. The van der Waals surface area contributed by atoms with Crippen molar-refractivity contribution < 1.29 is 19.7 Å². The van der Waals surface area contributed by atoms with Crippen LogP contribution in [-0.2, 0) is 28.1 Å². The molecule has 1 heterocycles. The van der Waals surface area contributed by atoms with Gasteiger partial charge in [-0.1, -0.05) is 47.1 Å². The molecule has 1 aliphatic rings. The van der Waals surface area contributed by atoms with Gasteiger partial charge in [-0.15, -0.1) is 0 Å². The molecule has 0 spiro atoms. The second kappa shape index (κ2) is 9.06. The molecule has 1 saturated heterocycles. The minimum absolute atomic E-state index is 0.144. The van der Waals surface area contributed by atoms with Gasteiger partial charge in [0.25, 0.3) is 0 Å². The second-order valence-electron chi connectivity index (χ2n) is 7.58. The van der Waals surface area contributed by atoms with Crippen molar-refractivity contribution >= 4 is 15.9 Å². The van der Waals surface area contributed by atoms with E-state index >= 15 is 0 Å². The van der Waals surface area contributed by atoms with Gasteiger partial charge in [0, 0.05) is 30.0 Å². The monoisotopic (exact) mass is 448 g/mol. The first-order chi connectivity index (χ1) is 13.4. The quantitative estimate of drug-likeness (QED) is 0.693. The molecule has 4 nitrogen and oxygen atoms in total. The second-order valence-corrected chi connectivity index (χ2v) is 8.43. The van der Waals surface area contributed by atoms with Crippen LogP contribution in [0, 0.1) is 6.92 Å². The van der Waals surface area contributed by atoms with Crippen molar-refractivity contribution in [3.8, 4) is 0 Å². The Kier molecular flexibility index (Phi) is 6.94. The summed E-state index contributed by atoms with van der Waals surface area (Å²) in [4.78, 5) is 0. The molecule has 2 N–H and O–H groups in total. The van der Waals surface area contributed by atoms with Crippen molar-refractivity contribution in [2.24, 2.45) is 0 Å². The number of benzene rings is 2. The number of hydrogen-bond acceptors (Lipinski definition) is 4. The number of aliphatic hydroxyl groups excluding tert-OH is 2. The Bertz CT molecular complexity index is 805. The molecule has 0 aromatic heterocycles. The lowest BCUT2D eigenvalue weighted by Crippen LogP contribution is -2.47. The number of ether oxygens (including phenoxy) is 2. The van der Waals surface area contributed by atoms with E-state index in [2.05, 4.69) is 59.3 Å². The fourth-order valence-electron chi connectivity index (χ4n) is 3.97. The van der Waals surface area contributed by atoms with Crippen molar-refractivity contribution in [3.05, 3.63) is 68.7 Å². The Labute approximate surface area is 175 Å². The summed E-state index contributed by atoms with van der Waals surface area (Å²) in [7, 11) is 1.59. The molecule has 28 heavy (non-hydrogen) atoms. The standard InChI is InChI=1S/C23H29BrO4/c1-4-16-5-7-17(8-6-16)10-18-11-21(15(2)9-22(18)24)23(27-3)13-19(26)12-20(14-25)28-23/h5-9,11,19-20,25-26H,4,10,12-14H2,1-3H3. The van der Waals surface area contributed by atoms with E-state index in [0.717, 1.165) is 34.0 Å². The minimum atomic E-state index is -1.06. The van der Waals surface area contributed by atoms with Crippen LogP contribution in [0.25, 0.3) is 0 Å². The summed E-state index contributed by atoms with van der Waals surface area (Å²) in [6, 6.07) is 12.8. The number of rotatable bonds is 6. The average molecular weight is 449 g/mol. The molecule has 3 rings (SSSR count). The Morgan fingerprint density at radius 3 is 2.50 bits per heavy atom. The highest BCUT2D eigenvalue weighted by molar-refractivity contribution is 9.10. The highest BCUT2D eigenvalue weighted by Crippen LogP contribution is 2.41. The summed E-state index contributed by atoms with van der Waals surface area (Å²) < 4.78 is 13.0. The van der Waals surface area contributed by atoms with Crippen LogP contribution in [0.3, 0.4) is 0 Å². The van der Waals surface area contributed by atoms with Gasteiger partial charge in [0.15, 0.2) is 5.79 Å². The maximum Gasteiger partial charge on any atom is 0.197 e. The maximum absolute atomic E-state index is 10.4. The molecule has 2 aromatic rings. The predicted molar refractivity (Wildman–Crippen MR) is 113 cm³/mol. The zero-order valence-electron chi connectivity index (χ0n) is 16.7. The zero-order valence-corrected chi connectivity index (χ0v) is 18.3. The first-order valence-electron chi connectivity index (χ1n) is 9.80. The summed E-state index contributed by atoms with van der Waals surface area (Å²) in [5.41, 5.74) is 5.60. The highest BCUT2D eigenvalue weighted by Gasteiger charge is 2.44. The van der Waals surface area contributed by atoms with Crippen LogP contribution < -0.4 is 0 Å². The van der Waals surface area contributed by atoms with E-state index in [1.54, 1.807) is 7.11 Å². The van der Waals surface area contributed by atoms with Crippen LogP contribution in [0.5, 0.6) is 0 Å². The van der Waals surface area contributed by atoms with E-state index in [1.165, 1.54) is 11.1 Å². The van der Waals surface area contributed by atoms with Gasteiger partial charge >= 0.3 is 0 Å². The number of aryl methyl sites for hydroxylation is 2. The van der Waals surface area contributed by atoms with Crippen molar-refractivity contribution in [1.82, 2.24) is 0 Å². The minimum Gasteiger partial charge on any atom is -0.394 e. The van der Waals surface area contributed by atoms with Gasteiger partial charge in [-0.05, 0) is 54.2 Å². The average Bonchev–Trinajstić information content (AvgIpc) is 2.69. The molecule has 0 amide bonds. The van der Waals surface area contributed by atoms with Gasteiger partial charge < -0.3 is 19.7 Å². The summed E-state index contributed by atoms with van der Waals surface area (Å²) in [6.45, 7) is 4.02. The van der Waals surface area contributed by atoms with Crippen molar-refractivity contribution in [3.63, 3.8) is 0 Å². The van der Waals surface area contributed by atoms with Gasteiger partial charge in [-0.2, -0.15) is 0 Å². The molecule has 1 aliphatic heterocycles. The lowest BCUT2D eigenvalue weighted by atomic mass is 9.88. The Balaban J connectivity index is 1.97. The molecule has 0 aliphatic carbocycles. The normalized spacial score (nSPS) is 25.1. The first-order valence-corrected chi connectivity index (χ1v) is 10.6. The van der Waals surface area contributed by atoms with Crippen LogP contribution >= 0.6 is 15.9 Å². The number of aliphatic hydroxyl groups is 2. The molecule has 3 unspecified atom stereocenters. The molecular formula is C23H29BrO4. The van der Waals surface area contributed by atoms with Crippen LogP contribution in [0.1, 0.15) is 47.6 Å². The fourth-order valence-corrected chi connectivity index (χ4v) is 4.56. The van der Waals surface area contributed by atoms with Crippen LogP contribution in [0.15, 0.2) is 40.9 Å². The van der Waals surface area contributed by atoms with Gasteiger partial charge in [-0.25, -0.2) is 0 Å². The number of methoxy groups -OCH3 is 1. The molecule has 152 valence electrons. The largest absolute Gasteiger partial charge is 0.394 e. The summed E-state index contributed by atoms with van der Waals surface area (Å²) in [6.07, 6.45) is 1.53. The van der Waals surface area contributed by atoms with Gasteiger partial charge in [0.2, 0.25) is 0 Å². The van der Waals surface area contributed by atoms with E-state index in [1.807, 2.05) is 6.92 Å². The summed E-state index contributed by atoms with van der Waals surface area (Å²) in [5.74, 6) is -1.06. The Morgan fingerprint density at radius 1 is 1.21 bits per heavy atom. The Morgan fingerprint density at radius 2 is 1.89 bits per heavy atom. The third kappa shape index (κ3) is 4.50. The third-order valence-electron chi connectivity index (χ3n) is 5.56. The molecule has 0 saturated carbocycles. The lowest BCUT2D eigenvalue weighted by Gasteiger charge is -2.42. The molecule has 3 atom stereocenters. The van der Waals surface area contributed by atoms with Gasteiger partial charge in [0.05, 0.1) is 18.8 Å². The number of halogens is 1. The fraction of sp³-hybridized carbons (Fsp3) is 0.478. The first kappa shape index (κ1) is 21.5. The highest BCUT2D eigenvalue weighted by atomic mass is 79.9.